The third kappa shape index (κ3) is 7.08. The second kappa shape index (κ2) is 11.9. The van der Waals surface area contributed by atoms with Crippen molar-refractivity contribution >= 4 is 35.0 Å². The molecule has 0 saturated carbocycles. The van der Waals surface area contributed by atoms with Gasteiger partial charge in [-0.15, -0.1) is 0 Å². The highest BCUT2D eigenvalue weighted by Gasteiger charge is 2.31. The highest BCUT2D eigenvalue weighted by Crippen LogP contribution is 2.27. The lowest BCUT2D eigenvalue weighted by atomic mass is 10.0. The maximum absolute atomic E-state index is 13.6. The molecule has 0 bridgehead atoms. The maximum atomic E-state index is 13.6. The van der Waals surface area contributed by atoms with E-state index in [-0.39, 0.29) is 30.8 Å². The molecular formula is C27H28Cl2N2O2. The lowest BCUT2D eigenvalue weighted by Gasteiger charge is -2.32. The van der Waals surface area contributed by atoms with Crippen LogP contribution < -0.4 is 5.32 Å². The number of nitrogens with one attached hydrogen (secondary N) is 1. The first-order valence-corrected chi connectivity index (χ1v) is 11.7. The van der Waals surface area contributed by atoms with E-state index in [1.165, 1.54) is 0 Å². The number of benzene rings is 3. The number of hydrogen-bond donors (Lipinski definition) is 1. The summed E-state index contributed by atoms with van der Waals surface area (Å²) in [5.74, 6) is -0.379. The van der Waals surface area contributed by atoms with Crippen molar-refractivity contribution in [3.8, 4) is 0 Å². The van der Waals surface area contributed by atoms with Crippen LogP contribution in [-0.4, -0.2) is 28.8 Å². The second-order valence-corrected chi connectivity index (χ2v) is 9.07. The summed E-state index contributed by atoms with van der Waals surface area (Å²) in [6.07, 6.45) is 0.547. The van der Waals surface area contributed by atoms with Crippen molar-refractivity contribution in [3.63, 3.8) is 0 Å². The fourth-order valence-electron chi connectivity index (χ4n) is 3.66. The summed E-state index contributed by atoms with van der Waals surface area (Å²) in [5, 5.41) is 3.90. The van der Waals surface area contributed by atoms with Gasteiger partial charge in [-0.25, -0.2) is 0 Å². The minimum Gasteiger partial charge on any atom is -0.352 e. The Labute approximate surface area is 205 Å². The van der Waals surface area contributed by atoms with Crippen LogP contribution in [0.3, 0.4) is 0 Å². The molecule has 3 aromatic carbocycles. The van der Waals surface area contributed by atoms with Gasteiger partial charge in [0.15, 0.2) is 0 Å². The zero-order valence-corrected chi connectivity index (χ0v) is 20.3. The van der Waals surface area contributed by atoms with Crippen LogP contribution in [-0.2, 0) is 29.0 Å². The first-order chi connectivity index (χ1) is 15.8. The van der Waals surface area contributed by atoms with Crippen LogP contribution in [0.5, 0.6) is 0 Å². The summed E-state index contributed by atoms with van der Waals surface area (Å²) in [4.78, 5) is 28.6. The van der Waals surface area contributed by atoms with Crippen molar-refractivity contribution in [2.75, 3.05) is 0 Å². The summed E-state index contributed by atoms with van der Waals surface area (Å²) >= 11 is 12.9. The Morgan fingerprint density at radius 2 is 1.36 bits per heavy atom. The molecule has 172 valence electrons. The molecule has 3 rings (SSSR count). The molecule has 0 unspecified atom stereocenters. The van der Waals surface area contributed by atoms with Gasteiger partial charge < -0.3 is 10.2 Å². The average molecular weight is 483 g/mol. The summed E-state index contributed by atoms with van der Waals surface area (Å²) < 4.78 is 0. The van der Waals surface area contributed by atoms with E-state index in [2.05, 4.69) is 5.32 Å². The van der Waals surface area contributed by atoms with Crippen molar-refractivity contribution in [1.29, 1.82) is 0 Å². The highest BCUT2D eigenvalue weighted by atomic mass is 35.5. The lowest BCUT2D eigenvalue weighted by molar-refractivity contribution is -0.141. The van der Waals surface area contributed by atoms with Crippen molar-refractivity contribution in [1.82, 2.24) is 10.2 Å². The van der Waals surface area contributed by atoms with Crippen LogP contribution in [0.4, 0.5) is 0 Å². The second-order valence-electron chi connectivity index (χ2n) is 8.25. The molecular weight excluding hydrogens is 455 g/mol. The van der Waals surface area contributed by atoms with Crippen LogP contribution in [0, 0.1) is 0 Å². The van der Waals surface area contributed by atoms with Gasteiger partial charge >= 0.3 is 0 Å². The van der Waals surface area contributed by atoms with Gasteiger partial charge in [0.1, 0.15) is 6.04 Å². The van der Waals surface area contributed by atoms with Crippen molar-refractivity contribution < 1.29 is 9.59 Å². The Hall–Kier alpha value is -2.82. The third-order valence-electron chi connectivity index (χ3n) is 5.29. The molecule has 6 heteroatoms. The van der Waals surface area contributed by atoms with E-state index in [0.29, 0.717) is 22.0 Å². The third-order valence-corrected chi connectivity index (χ3v) is 6.00. The summed E-state index contributed by atoms with van der Waals surface area (Å²) in [7, 11) is 0. The molecule has 1 atom stereocenters. The van der Waals surface area contributed by atoms with Crippen molar-refractivity contribution in [3.05, 3.63) is 106 Å². The molecule has 4 nitrogen and oxygen atoms in total. The number of nitrogens with zero attached hydrogens (tertiary/aromatic N) is 1. The van der Waals surface area contributed by atoms with Gasteiger partial charge in [0.05, 0.1) is 6.42 Å². The smallest absolute Gasteiger partial charge is 0.243 e. The normalized spacial score (nSPS) is 11.8. The van der Waals surface area contributed by atoms with E-state index in [4.69, 9.17) is 23.2 Å². The van der Waals surface area contributed by atoms with Gasteiger partial charge in [-0.1, -0.05) is 89.9 Å². The van der Waals surface area contributed by atoms with Crippen molar-refractivity contribution in [2.45, 2.75) is 45.3 Å². The van der Waals surface area contributed by atoms with Crippen molar-refractivity contribution in [2.24, 2.45) is 0 Å². The summed E-state index contributed by atoms with van der Waals surface area (Å²) in [6, 6.07) is 23.6. The Morgan fingerprint density at radius 3 is 1.91 bits per heavy atom. The SMILES string of the molecule is CC(C)NC(=O)[C@H](Cc1ccccc1)N(Cc1c(Cl)cccc1Cl)C(=O)Cc1ccccc1. The fourth-order valence-corrected chi connectivity index (χ4v) is 4.18. The molecule has 0 fully saturated rings. The van der Waals surface area contributed by atoms with E-state index in [0.717, 1.165) is 11.1 Å². The zero-order chi connectivity index (χ0) is 23.8. The molecule has 2 amide bonds. The van der Waals surface area contributed by atoms with Gasteiger partial charge in [0.25, 0.3) is 0 Å². The summed E-state index contributed by atoms with van der Waals surface area (Å²) in [5.41, 5.74) is 2.46. The molecule has 3 aromatic rings. The molecule has 0 aliphatic rings. The van der Waals surface area contributed by atoms with Gasteiger partial charge in [-0.05, 0) is 37.1 Å². The first kappa shape index (κ1) is 24.8. The number of amides is 2. The Bertz CT molecular complexity index is 1050. The van der Waals surface area contributed by atoms with E-state index >= 15 is 0 Å². The molecule has 33 heavy (non-hydrogen) atoms. The fraction of sp³-hybridized carbons (Fsp3) is 0.259. The van der Waals surface area contributed by atoms with E-state index in [9.17, 15) is 9.59 Å². The Balaban J connectivity index is 2.01. The van der Waals surface area contributed by atoms with Crippen LogP contribution in [0.15, 0.2) is 78.9 Å². The molecule has 0 aliphatic carbocycles. The van der Waals surface area contributed by atoms with E-state index in [1.54, 1.807) is 23.1 Å². The number of rotatable bonds is 9. The van der Waals surface area contributed by atoms with Gasteiger partial charge in [-0.2, -0.15) is 0 Å². The topological polar surface area (TPSA) is 49.4 Å². The average Bonchev–Trinajstić information content (AvgIpc) is 2.78. The Kier molecular flexibility index (Phi) is 8.93. The van der Waals surface area contributed by atoms with Gasteiger partial charge in [0, 0.05) is 34.6 Å². The Morgan fingerprint density at radius 1 is 0.818 bits per heavy atom. The summed E-state index contributed by atoms with van der Waals surface area (Å²) in [6.45, 7) is 3.93. The molecule has 0 aliphatic heterocycles. The van der Waals surface area contributed by atoms with E-state index < -0.39 is 6.04 Å². The number of halogens is 2. The minimum absolute atomic E-state index is 0.0641. The molecule has 0 heterocycles. The zero-order valence-electron chi connectivity index (χ0n) is 18.8. The van der Waals surface area contributed by atoms with Crippen LogP contribution in [0.25, 0.3) is 0 Å². The van der Waals surface area contributed by atoms with Crippen LogP contribution in [0.2, 0.25) is 10.0 Å². The van der Waals surface area contributed by atoms with Gasteiger partial charge in [-0.3, -0.25) is 9.59 Å². The predicted molar refractivity (Wildman–Crippen MR) is 134 cm³/mol. The lowest BCUT2D eigenvalue weighted by Crippen LogP contribution is -2.52. The first-order valence-electron chi connectivity index (χ1n) is 11.0. The number of hydrogen-bond acceptors (Lipinski definition) is 2. The molecule has 0 saturated heterocycles. The number of carbonyl (C=O) groups is 2. The molecule has 0 radical (unpaired) electrons. The number of carbonyl (C=O) groups excluding carboxylic acids is 2. The quantitative estimate of drug-likeness (QED) is 0.425. The molecule has 0 spiro atoms. The molecule has 0 aromatic heterocycles. The van der Waals surface area contributed by atoms with Gasteiger partial charge in [0.2, 0.25) is 11.8 Å². The predicted octanol–water partition coefficient (Wildman–Crippen LogP) is 5.70. The highest BCUT2D eigenvalue weighted by molar-refractivity contribution is 6.36. The largest absolute Gasteiger partial charge is 0.352 e. The van der Waals surface area contributed by atoms with Crippen LogP contribution in [0.1, 0.15) is 30.5 Å². The minimum atomic E-state index is -0.724. The van der Waals surface area contributed by atoms with E-state index in [1.807, 2.05) is 74.5 Å². The molecule has 1 N–H and O–H groups in total. The standard InChI is InChI=1S/C27H28Cl2N2O2/c1-19(2)30-27(33)25(16-20-10-5-3-6-11-20)31(18-22-23(28)14-9-15-24(22)29)26(32)17-21-12-7-4-8-13-21/h3-15,19,25H,16-18H2,1-2H3,(H,30,33)/t25-/m0/s1. The monoisotopic (exact) mass is 482 g/mol. The van der Waals surface area contributed by atoms with Crippen LogP contribution >= 0.6 is 23.2 Å². The maximum Gasteiger partial charge on any atom is 0.243 e.